The fourth-order valence-electron chi connectivity index (χ4n) is 1.76. The van der Waals surface area contributed by atoms with Gasteiger partial charge in [-0.05, 0) is 19.3 Å². The molecule has 18 heavy (non-hydrogen) atoms. The van der Waals surface area contributed by atoms with Crippen molar-refractivity contribution in [3.05, 3.63) is 16.4 Å². The van der Waals surface area contributed by atoms with Gasteiger partial charge in [-0.1, -0.05) is 32.4 Å². The summed E-state index contributed by atoms with van der Waals surface area (Å²) in [6.45, 7) is 10.1. The zero-order chi connectivity index (χ0) is 13.7. The SMILES string of the molecule is CCc1nn(CC)c(CNCC(O)C(C)C)c1Cl. The maximum absolute atomic E-state index is 9.73. The smallest absolute Gasteiger partial charge is 0.0863 e. The minimum atomic E-state index is -0.326. The van der Waals surface area contributed by atoms with Crippen LogP contribution in [0.2, 0.25) is 5.02 Å². The summed E-state index contributed by atoms with van der Waals surface area (Å²) >= 11 is 6.30. The fourth-order valence-corrected chi connectivity index (χ4v) is 2.10. The number of aromatic nitrogens is 2. The van der Waals surface area contributed by atoms with Gasteiger partial charge in [-0.15, -0.1) is 0 Å². The highest BCUT2D eigenvalue weighted by atomic mass is 35.5. The molecular weight excluding hydrogens is 250 g/mol. The first-order valence-electron chi connectivity index (χ1n) is 6.64. The van der Waals surface area contributed by atoms with E-state index in [4.69, 9.17) is 11.6 Å². The van der Waals surface area contributed by atoms with Crippen molar-refractivity contribution in [3.63, 3.8) is 0 Å². The van der Waals surface area contributed by atoms with E-state index in [-0.39, 0.29) is 12.0 Å². The molecule has 0 fully saturated rings. The number of hydrogen-bond acceptors (Lipinski definition) is 3. The summed E-state index contributed by atoms with van der Waals surface area (Å²) in [5.41, 5.74) is 1.95. The number of aliphatic hydroxyl groups is 1. The number of nitrogens with one attached hydrogen (secondary N) is 1. The number of rotatable bonds is 7. The molecule has 2 N–H and O–H groups in total. The van der Waals surface area contributed by atoms with Crippen LogP contribution < -0.4 is 5.32 Å². The van der Waals surface area contributed by atoms with Crippen LogP contribution in [-0.2, 0) is 19.5 Å². The second-order valence-corrected chi connectivity index (χ2v) is 5.20. The third kappa shape index (κ3) is 3.70. The lowest BCUT2D eigenvalue weighted by Gasteiger charge is -2.15. The average Bonchev–Trinajstić information content (AvgIpc) is 2.65. The summed E-state index contributed by atoms with van der Waals surface area (Å²) in [5.74, 6) is 0.260. The summed E-state index contributed by atoms with van der Waals surface area (Å²) < 4.78 is 1.93. The molecule has 0 spiro atoms. The Morgan fingerprint density at radius 1 is 1.39 bits per heavy atom. The monoisotopic (exact) mass is 273 g/mol. The molecule has 0 aliphatic carbocycles. The maximum Gasteiger partial charge on any atom is 0.0863 e. The molecule has 104 valence electrons. The third-order valence-electron chi connectivity index (χ3n) is 3.11. The van der Waals surface area contributed by atoms with Crippen molar-refractivity contribution in [2.75, 3.05) is 6.54 Å². The highest BCUT2D eigenvalue weighted by Crippen LogP contribution is 2.21. The average molecular weight is 274 g/mol. The first-order chi connectivity index (χ1) is 8.51. The van der Waals surface area contributed by atoms with Crippen molar-refractivity contribution in [3.8, 4) is 0 Å². The molecule has 1 heterocycles. The minimum Gasteiger partial charge on any atom is -0.392 e. The van der Waals surface area contributed by atoms with Gasteiger partial charge in [-0.25, -0.2) is 0 Å². The van der Waals surface area contributed by atoms with E-state index in [1.54, 1.807) is 0 Å². The second kappa shape index (κ2) is 7.12. The quantitative estimate of drug-likeness (QED) is 0.801. The lowest BCUT2D eigenvalue weighted by atomic mass is 10.1. The number of nitrogens with zero attached hydrogens (tertiary/aromatic N) is 2. The largest absolute Gasteiger partial charge is 0.392 e. The van der Waals surface area contributed by atoms with Crippen LogP contribution in [0.1, 0.15) is 39.1 Å². The summed E-state index contributed by atoms with van der Waals surface area (Å²) in [6, 6.07) is 0. The maximum atomic E-state index is 9.73. The molecule has 0 amide bonds. The van der Waals surface area contributed by atoms with E-state index in [1.807, 2.05) is 25.5 Å². The summed E-state index contributed by atoms with van der Waals surface area (Å²) in [7, 11) is 0. The normalized spacial score (nSPS) is 13.3. The molecule has 0 bridgehead atoms. The van der Waals surface area contributed by atoms with Crippen molar-refractivity contribution in [1.82, 2.24) is 15.1 Å². The zero-order valence-corrected chi connectivity index (χ0v) is 12.5. The van der Waals surface area contributed by atoms with Crippen molar-refractivity contribution < 1.29 is 5.11 Å². The molecule has 0 radical (unpaired) electrons. The second-order valence-electron chi connectivity index (χ2n) is 4.82. The molecule has 1 aromatic rings. The highest BCUT2D eigenvalue weighted by Gasteiger charge is 2.15. The van der Waals surface area contributed by atoms with Crippen molar-refractivity contribution in [1.29, 1.82) is 0 Å². The van der Waals surface area contributed by atoms with Crippen LogP contribution in [0.25, 0.3) is 0 Å². The van der Waals surface area contributed by atoms with Crippen molar-refractivity contribution >= 4 is 11.6 Å². The Labute approximate surface area is 114 Å². The summed E-state index contributed by atoms with van der Waals surface area (Å²) in [6.07, 6.45) is 0.514. The lowest BCUT2D eigenvalue weighted by Crippen LogP contribution is -2.30. The van der Waals surface area contributed by atoms with E-state index in [2.05, 4.69) is 17.3 Å². The molecule has 0 aliphatic rings. The molecule has 1 unspecified atom stereocenters. The van der Waals surface area contributed by atoms with Crippen molar-refractivity contribution in [2.24, 2.45) is 5.92 Å². The van der Waals surface area contributed by atoms with Gasteiger partial charge in [-0.3, -0.25) is 4.68 Å². The number of aryl methyl sites for hydroxylation is 2. The van der Waals surface area contributed by atoms with Gasteiger partial charge in [0.05, 0.1) is 22.5 Å². The first-order valence-corrected chi connectivity index (χ1v) is 7.01. The predicted octanol–water partition coefficient (Wildman–Crippen LogP) is 2.23. The Kier molecular flexibility index (Phi) is 6.12. The van der Waals surface area contributed by atoms with E-state index in [0.29, 0.717) is 13.1 Å². The molecule has 5 heteroatoms. The number of halogens is 1. The highest BCUT2D eigenvalue weighted by molar-refractivity contribution is 6.31. The molecule has 1 aromatic heterocycles. The van der Waals surface area contributed by atoms with Gasteiger partial charge in [0.1, 0.15) is 0 Å². The third-order valence-corrected chi connectivity index (χ3v) is 3.55. The van der Waals surface area contributed by atoms with Crippen LogP contribution in [0.3, 0.4) is 0 Å². The van der Waals surface area contributed by atoms with E-state index in [1.165, 1.54) is 0 Å². The van der Waals surface area contributed by atoms with Gasteiger partial charge < -0.3 is 10.4 Å². The van der Waals surface area contributed by atoms with E-state index < -0.39 is 0 Å². The predicted molar refractivity (Wildman–Crippen MR) is 74.8 cm³/mol. The van der Waals surface area contributed by atoms with E-state index in [9.17, 15) is 5.11 Å². The number of hydrogen-bond donors (Lipinski definition) is 2. The van der Waals surface area contributed by atoms with Gasteiger partial charge in [0.25, 0.3) is 0 Å². The topological polar surface area (TPSA) is 50.1 Å². The Morgan fingerprint density at radius 3 is 2.56 bits per heavy atom. The van der Waals surface area contributed by atoms with E-state index in [0.717, 1.165) is 29.4 Å². The Bertz CT molecular complexity index is 377. The molecule has 4 nitrogen and oxygen atoms in total. The van der Waals surface area contributed by atoms with E-state index >= 15 is 0 Å². The van der Waals surface area contributed by atoms with Crippen LogP contribution in [0.15, 0.2) is 0 Å². The Morgan fingerprint density at radius 2 is 2.06 bits per heavy atom. The Balaban J connectivity index is 2.64. The van der Waals surface area contributed by atoms with Gasteiger partial charge in [0, 0.05) is 19.6 Å². The fraction of sp³-hybridized carbons (Fsp3) is 0.769. The first kappa shape index (κ1) is 15.5. The van der Waals surface area contributed by atoms with Crippen LogP contribution >= 0.6 is 11.6 Å². The number of aliphatic hydroxyl groups excluding tert-OH is 1. The van der Waals surface area contributed by atoms with Gasteiger partial charge in [-0.2, -0.15) is 5.10 Å². The summed E-state index contributed by atoms with van der Waals surface area (Å²) in [4.78, 5) is 0. The zero-order valence-electron chi connectivity index (χ0n) is 11.7. The molecule has 1 rings (SSSR count). The van der Waals surface area contributed by atoms with Crippen molar-refractivity contribution in [2.45, 2.75) is 53.3 Å². The standard InChI is InChI=1S/C13H24ClN3O/c1-5-10-13(14)11(17(6-2)16-10)7-15-8-12(18)9(3)4/h9,12,15,18H,5-8H2,1-4H3. The van der Waals surface area contributed by atoms with Crippen LogP contribution in [-0.4, -0.2) is 27.5 Å². The van der Waals surface area contributed by atoms with Crippen LogP contribution in [0.4, 0.5) is 0 Å². The van der Waals surface area contributed by atoms with Gasteiger partial charge >= 0.3 is 0 Å². The molecular formula is C13H24ClN3O. The lowest BCUT2D eigenvalue weighted by molar-refractivity contribution is 0.123. The molecule has 0 saturated heterocycles. The molecule has 0 aromatic carbocycles. The van der Waals surface area contributed by atoms with Gasteiger partial charge in [0.2, 0.25) is 0 Å². The van der Waals surface area contributed by atoms with Crippen LogP contribution in [0.5, 0.6) is 0 Å². The molecule has 0 aliphatic heterocycles. The van der Waals surface area contributed by atoms with Gasteiger partial charge in [0.15, 0.2) is 0 Å². The molecule has 0 saturated carbocycles. The Hall–Kier alpha value is -0.580. The van der Waals surface area contributed by atoms with Crippen LogP contribution in [0, 0.1) is 5.92 Å². The minimum absolute atomic E-state index is 0.260. The summed E-state index contributed by atoms with van der Waals surface area (Å²) in [5, 5.41) is 18.2. The molecule has 1 atom stereocenters.